The summed E-state index contributed by atoms with van der Waals surface area (Å²) in [5.74, 6) is 0.701. The molecular formula is C15H24ClN5O2. The lowest BCUT2D eigenvalue weighted by atomic mass is 10.1. The monoisotopic (exact) mass is 341 g/mol. The smallest absolute Gasteiger partial charge is 0.410 e. The third kappa shape index (κ3) is 4.23. The van der Waals surface area contributed by atoms with Crippen LogP contribution in [0.25, 0.3) is 0 Å². The fourth-order valence-electron chi connectivity index (χ4n) is 2.51. The SMILES string of the molecule is CN(C)c1ncnc(Cl)c1C1CNCCN1C(=O)OC(C)(C)C. The third-order valence-electron chi connectivity index (χ3n) is 3.44. The Bertz CT molecular complexity index is 573. The maximum absolute atomic E-state index is 12.6. The van der Waals surface area contributed by atoms with Crippen LogP contribution in [0.3, 0.4) is 0 Å². The van der Waals surface area contributed by atoms with Crippen molar-refractivity contribution in [2.75, 3.05) is 38.6 Å². The topological polar surface area (TPSA) is 70.6 Å². The van der Waals surface area contributed by atoms with Gasteiger partial charge in [0.25, 0.3) is 0 Å². The average Bonchev–Trinajstić information content (AvgIpc) is 2.45. The van der Waals surface area contributed by atoms with Gasteiger partial charge in [-0.3, -0.25) is 4.90 Å². The molecule has 0 aliphatic carbocycles. The van der Waals surface area contributed by atoms with Crippen molar-refractivity contribution >= 4 is 23.5 Å². The van der Waals surface area contributed by atoms with Gasteiger partial charge >= 0.3 is 6.09 Å². The van der Waals surface area contributed by atoms with Crippen LogP contribution in [0, 0.1) is 0 Å². The van der Waals surface area contributed by atoms with Gasteiger partial charge in [0, 0.05) is 33.7 Å². The van der Waals surface area contributed by atoms with Crippen molar-refractivity contribution in [2.45, 2.75) is 32.4 Å². The van der Waals surface area contributed by atoms with Crippen molar-refractivity contribution in [1.82, 2.24) is 20.2 Å². The molecule has 23 heavy (non-hydrogen) atoms. The van der Waals surface area contributed by atoms with Gasteiger partial charge in [0.1, 0.15) is 22.9 Å². The Hall–Kier alpha value is -1.60. The van der Waals surface area contributed by atoms with Gasteiger partial charge in [-0.05, 0) is 20.8 Å². The molecule has 1 atom stereocenters. The minimum absolute atomic E-state index is 0.273. The van der Waals surface area contributed by atoms with E-state index < -0.39 is 5.60 Å². The summed E-state index contributed by atoms with van der Waals surface area (Å²) in [6.07, 6.45) is 1.07. The van der Waals surface area contributed by atoms with Gasteiger partial charge < -0.3 is 15.0 Å². The van der Waals surface area contributed by atoms with Gasteiger partial charge in [-0.25, -0.2) is 14.8 Å². The fraction of sp³-hybridized carbons (Fsp3) is 0.667. The van der Waals surface area contributed by atoms with Gasteiger partial charge in [-0.1, -0.05) is 11.6 Å². The first-order valence-corrected chi connectivity index (χ1v) is 7.96. The highest BCUT2D eigenvalue weighted by Gasteiger charge is 2.35. The summed E-state index contributed by atoms with van der Waals surface area (Å²) in [6.45, 7) is 7.38. The highest BCUT2D eigenvalue weighted by atomic mass is 35.5. The van der Waals surface area contributed by atoms with Crippen molar-refractivity contribution in [2.24, 2.45) is 0 Å². The number of carbonyl (C=O) groups excluding carboxylic acids is 1. The first-order valence-electron chi connectivity index (χ1n) is 7.59. The zero-order chi connectivity index (χ0) is 17.2. The van der Waals surface area contributed by atoms with E-state index in [1.165, 1.54) is 6.33 Å². The number of hydrogen-bond acceptors (Lipinski definition) is 6. The fourth-order valence-corrected chi connectivity index (χ4v) is 2.76. The van der Waals surface area contributed by atoms with E-state index in [1.807, 2.05) is 39.8 Å². The molecule has 0 spiro atoms. The number of carbonyl (C=O) groups is 1. The van der Waals surface area contributed by atoms with Crippen molar-refractivity contribution in [3.05, 3.63) is 17.0 Å². The molecule has 1 aromatic rings. The van der Waals surface area contributed by atoms with E-state index in [1.54, 1.807) is 4.90 Å². The predicted octanol–water partition coefficient (Wildman–Crippen LogP) is 2.08. The molecule has 1 aliphatic rings. The van der Waals surface area contributed by atoms with Crippen LogP contribution in [-0.4, -0.2) is 60.3 Å². The standard InChI is InChI=1S/C15H24ClN5O2/c1-15(2,3)23-14(22)21-7-6-17-8-10(21)11-12(16)18-9-19-13(11)20(4)5/h9-10,17H,6-8H2,1-5H3. The second-order valence-electron chi connectivity index (χ2n) is 6.69. The van der Waals surface area contributed by atoms with Crippen molar-refractivity contribution in [3.63, 3.8) is 0 Å². The first kappa shape index (κ1) is 17.7. The van der Waals surface area contributed by atoms with Crippen molar-refractivity contribution in [1.29, 1.82) is 0 Å². The minimum Gasteiger partial charge on any atom is -0.444 e. The van der Waals surface area contributed by atoms with Crippen LogP contribution in [0.5, 0.6) is 0 Å². The molecule has 7 nitrogen and oxygen atoms in total. The highest BCUT2D eigenvalue weighted by molar-refractivity contribution is 6.30. The van der Waals surface area contributed by atoms with Crippen LogP contribution in [0.2, 0.25) is 5.15 Å². The van der Waals surface area contributed by atoms with Crippen molar-refractivity contribution < 1.29 is 9.53 Å². The number of nitrogens with one attached hydrogen (secondary N) is 1. The molecule has 0 aromatic carbocycles. The molecule has 2 heterocycles. The molecule has 0 radical (unpaired) electrons. The number of anilines is 1. The minimum atomic E-state index is -0.548. The lowest BCUT2D eigenvalue weighted by Crippen LogP contribution is -2.50. The molecule has 1 N–H and O–H groups in total. The van der Waals surface area contributed by atoms with Crippen LogP contribution in [0.15, 0.2) is 6.33 Å². The summed E-state index contributed by atoms with van der Waals surface area (Å²) < 4.78 is 5.53. The summed E-state index contributed by atoms with van der Waals surface area (Å²) in [7, 11) is 3.77. The molecule has 128 valence electrons. The van der Waals surface area contributed by atoms with Gasteiger partial charge in [-0.2, -0.15) is 0 Å². The average molecular weight is 342 g/mol. The molecule has 0 bridgehead atoms. The molecule has 0 saturated carbocycles. The Kier molecular flexibility index (Phi) is 5.31. The van der Waals surface area contributed by atoms with E-state index >= 15 is 0 Å². The third-order valence-corrected chi connectivity index (χ3v) is 3.74. The maximum Gasteiger partial charge on any atom is 0.410 e. The number of amides is 1. The lowest BCUT2D eigenvalue weighted by Gasteiger charge is -2.38. The largest absolute Gasteiger partial charge is 0.444 e. The molecule has 8 heteroatoms. The summed E-state index contributed by atoms with van der Waals surface area (Å²) >= 11 is 6.33. The Labute approximate surface area is 142 Å². The quantitative estimate of drug-likeness (QED) is 0.830. The molecular weight excluding hydrogens is 318 g/mol. The lowest BCUT2D eigenvalue weighted by molar-refractivity contribution is 0.0118. The molecule has 1 fully saturated rings. The summed E-state index contributed by atoms with van der Waals surface area (Å²) in [5, 5.41) is 3.64. The number of halogens is 1. The zero-order valence-electron chi connectivity index (χ0n) is 14.3. The molecule has 1 aliphatic heterocycles. The van der Waals surface area contributed by atoms with Crippen LogP contribution in [-0.2, 0) is 4.74 Å². The Morgan fingerprint density at radius 1 is 1.43 bits per heavy atom. The predicted molar refractivity (Wildman–Crippen MR) is 89.9 cm³/mol. The molecule has 1 aromatic heterocycles. The van der Waals surface area contributed by atoms with E-state index in [-0.39, 0.29) is 12.1 Å². The second kappa shape index (κ2) is 6.88. The normalized spacial score (nSPS) is 18.7. The Morgan fingerprint density at radius 2 is 2.13 bits per heavy atom. The van der Waals surface area contributed by atoms with Crippen molar-refractivity contribution in [3.8, 4) is 0 Å². The van der Waals surface area contributed by atoms with Gasteiger partial charge in [0.2, 0.25) is 0 Å². The highest BCUT2D eigenvalue weighted by Crippen LogP contribution is 2.34. The summed E-state index contributed by atoms with van der Waals surface area (Å²) in [6, 6.07) is -0.273. The van der Waals surface area contributed by atoms with E-state index in [9.17, 15) is 4.79 Å². The summed E-state index contributed by atoms with van der Waals surface area (Å²) in [4.78, 5) is 24.5. The second-order valence-corrected chi connectivity index (χ2v) is 7.05. The Morgan fingerprint density at radius 3 is 2.74 bits per heavy atom. The van der Waals surface area contributed by atoms with E-state index in [4.69, 9.17) is 16.3 Å². The van der Waals surface area contributed by atoms with Crippen LogP contribution >= 0.6 is 11.6 Å². The van der Waals surface area contributed by atoms with Gasteiger partial charge in [0.15, 0.2) is 0 Å². The van der Waals surface area contributed by atoms with Crippen LogP contribution in [0.1, 0.15) is 32.4 Å². The molecule has 1 amide bonds. The Balaban J connectivity index is 2.38. The van der Waals surface area contributed by atoms with E-state index in [0.29, 0.717) is 30.6 Å². The number of hydrogen-bond donors (Lipinski definition) is 1. The van der Waals surface area contributed by atoms with Gasteiger partial charge in [-0.15, -0.1) is 0 Å². The zero-order valence-corrected chi connectivity index (χ0v) is 15.0. The number of aromatic nitrogens is 2. The summed E-state index contributed by atoms with van der Waals surface area (Å²) in [5.41, 5.74) is 0.186. The van der Waals surface area contributed by atoms with Gasteiger partial charge in [0.05, 0.1) is 11.6 Å². The molecule has 1 saturated heterocycles. The number of rotatable bonds is 2. The number of piperazine rings is 1. The number of ether oxygens (including phenoxy) is 1. The maximum atomic E-state index is 12.6. The number of nitrogens with zero attached hydrogens (tertiary/aromatic N) is 4. The first-order chi connectivity index (χ1) is 10.7. The van der Waals surface area contributed by atoms with Crippen LogP contribution in [0.4, 0.5) is 10.6 Å². The van der Waals surface area contributed by atoms with E-state index in [0.717, 1.165) is 5.56 Å². The molecule has 1 unspecified atom stereocenters. The van der Waals surface area contributed by atoms with Crippen LogP contribution < -0.4 is 10.2 Å². The molecule has 2 rings (SSSR count). The van der Waals surface area contributed by atoms with E-state index in [2.05, 4.69) is 15.3 Å².